The summed E-state index contributed by atoms with van der Waals surface area (Å²) in [5, 5.41) is 9.86. The molecule has 1 aliphatic heterocycles. The van der Waals surface area contributed by atoms with Gasteiger partial charge in [-0.15, -0.1) is 5.10 Å². The third kappa shape index (κ3) is 4.35. The number of nitrogens with zero attached hydrogens (tertiary/aromatic N) is 3. The molecule has 1 atom stereocenters. The molecule has 0 aromatic carbocycles. The molecule has 2 N–H and O–H groups in total. The Morgan fingerprint density at radius 2 is 2.26 bits per heavy atom. The minimum atomic E-state index is -4.32. The van der Waals surface area contributed by atoms with Gasteiger partial charge >= 0.3 is 6.18 Å². The lowest BCUT2D eigenvalue weighted by Gasteiger charge is -2.30. The normalized spacial score (nSPS) is 20.8. The molecule has 0 spiro atoms. The number of piperazine rings is 1. The largest absolute Gasteiger partial charge is 0.411 e. The molecule has 0 amide bonds. The Kier molecular flexibility index (Phi) is 4.25. The molecule has 2 heterocycles. The molecule has 1 saturated heterocycles. The third-order valence-corrected chi connectivity index (χ3v) is 2.68. The van der Waals surface area contributed by atoms with Crippen molar-refractivity contribution in [2.75, 3.05) is 31.1 Å². The summed E-state index contributed by atoms with van der Waals surface area (Å²) in [6.07, 6.45) is -4.32. The summed E-state index contributed by atoms with van der Waals surface area (Å²) in [6.45, 7) is 2.90. The summed E-state index contributed by atoms with van der Waals surface area (Å²) in [5.74, 6) is 0.796. The predicted octanol–water partition coefficient (Wildman–Crippen LogP) is 0.682. The average molecular weight is 279 g/mol. The molecule has 19 heavy (non-hydrogen) atoms. The van der Waals surface area contributed by atoms with Crippen LogP contribution in [0.3, 0.4) is 0 Å². The zero-order valence-electron chi connectivity index (χ0n) is 10.5. The van der Waals surface area contributed by atoms with E-state index in [-0.39, 0.29) is 6.61 Å². The smallest absolute Gasteiger partial charge is 0.364 e. The Hall–Kier alpha value is -1.35. The molecule has 1 aromatic rings. The SMILES string of the molecule is C[C@H]1CN(c2n[nH]c(COCC(F)(F)F)n2)CCN1. The first-order valence-electron chi connectivity index (χ1n) is 5.98. The van der Waals surface area contributed by atoms with Crippen LogP contribution in [0.1, 0.15) is 12.7 Å². The van der Waals surface area contributed by atoms with Gasteiger partial charge in [0.1, 0.15) is 13.2 Å². The first-order valence-corrected chi connectivity index (χ1v) is 5.98. The van der Waals surface area contributed by atoms with Crippen LogP contribution in [0.15, 0.2) is 0 Å². The van der Waals surface area contributed by atoms with Crippen molar-refractivity contribution in [3.05, 3.63) is 5.82 Å². The van der Waals surface area contributed by atoms with Gasteiger partial charge in [-0.1, -0.05) is 0 Å². The van der Waals surface area contributed by atoms with Crippen molar-refractivity contribution in [3.8, 4) is 0 Å². The van der Waals surface area contributed by atoms with E-state index < -0.39 is 12.8 Å². The molecule has 1 fully saturated rings. The van der Waals surface area contributed by atoms with E-state index in [4.69, 9.17) is 0 Å². The van der Waals surface area contributed by atoms with Gasteiger partial charge in [0.15, 0.2) is 5.82 Å². The second kappa shape index (κ2) is 5.74. The van der Waals surface area contributed by atoms with Gasteiger partial charge < -0.3 is 15.0 Å². The van der Waals surface area contributed by atoms with Crippen LogP contribution in [0.4, 0.5) is 19.1 Å². The number of hydrogen-bond donors (Lipinski definition) is 2. The van der Waals surface area contributed by atoms with E-state index in [1.807, 2.05) is 11.8 Å². The van der Waals surface area contributed by atoms with Crippen molar-refractivity contribution >= 4 is 5.95 Å². The maximum absolute atomic E-state index is 11.9. The number of ether oxygens (including phenoxy) is 1. The molecule has 9 heteroatoms. The van der Waals surface area contributed by atoms with Crippen molar-refractivity contribution in [2.24, 2.45) is 0 Å². The zero-order chi connectivity index (χ0) is 13.9. The van der Waals surface area contributed by atoms with E-state index in [2.05, 4.69) is 25.2 Å². The first kappa shape index (κ1) is 14.1. The van der Waals surface area contributed by atoms with E-state index in [0.717, 1.165) is 19.6 Å². The summed E-state index contributed by atoms with van der Waals surface area (Å²) in [4.78, 5) is 6.10. The molecule has 1 aromatic heterocycles. The number of aromatic nitrogens is 3. The Bertz CT molecular complexity index is 408. The highest BCUT2D eigenvalue weighted by Crippen LogP contribution is 2.15. The van der Waals surface area contributed by atoms with Gasteiger partial charge in [0, 0.05) is 25.7 Å². The molecule has 0 aliphatic carbocycles. The quantitative estimate of drug-likeness (QED) is 0.848. The van der Waals surface area contributed by atoms with E-state index in [1.165, 1.54) is 0 Å². The van der Waals surface area contributed by atoms with E-state index in [9.17, 15) is 13.2 Å². The van der Waals surface area contributed by atoms with Gasteiger partial charge in [-0.2, -0.15) is 18.2 Å². The maximum atomic E-state index is 11.9. The predicted molar refractivity (Wildman–Crippen MR) is 61.8 cm³/mol. The molecule has 2 rings (SSSR count). The lowest BCUT2D eigenvalue weighted by atomic mass is 10.2. The van der Waals surface area contributed by atoms with Gasteiger partial charge in [0.05, 0.1) is 0 Å². The first-order chi connectivity index (χ1) is 8.94. The highest BCUT2D eigenvalue weighted by atomic mass is 19.4. The fourth-order valence-corrected chi connectivity index (χ4v) is 1.87. The molecule has 0 unspecified atom stereocenters. The van der Waals surface area contributed by atoms with Gasteiger partial charge in [-0.3, -0.25) is 5.10 Å². The fourth-order valence-electron chi connectivity index (χ4n) is 1.87. The van der Waals surface area contributed by atoms with Crippen LogP contribution in [0.2, 0.25) is 0 Å². The standard InChI is InChI=1S/C10H16F3N5O/c1-7-4-18(3-2-14-7)9-15-8(16-17-9)5-19-6-10(11,12)13/h7,14H,2-6H2,1H3,(H,15,16,17)/t7-/m0/s1. The van der Waals surface area contributed by atoms with Crippen molar-refractivity contribution in [2.45, 2.75) is 25.7 Å². The maximum Gasteiger partial charge on any atom is 0.411 e. The highest BCUT2D eigenvalue weighted by molar-refractivity contribution is 5.29. The fraction of sp³-hybridized carbons (Fsp3) is 0.800. The summed E-state index contributed by atoms with van der Waals surface area (Å²) < 4.78 is 40.2. The molecular formula is C10H16F3N5O. The van der Waals surface area contributed by atoms with Crippen molar-refractivity contribution in [1.29, 1.82) is 0 Å². The van der Waals surface area contributed by atoms with Crippen LogP contribution in [0, 0.1) is 0 Å². The zero-order valence-corrected chi connectivity index (χ0v) is 10.5. The Morgan fingerprint density at radius 1 is 1.47 bits per heavy atom. The van der Waals surface area contributed by atoms with Crippen LogP contribution >= 0.6 is 0 Å². The van der Waals surface area contributed by atoms with Crippen molar-refractivity contribution in [3.63, 3.8) is 0 Å². The molecule has 0 radical (unpaired) electrons. The number of nitrogens with one attached hydrogen (secondary N) is 2. The highest BCUT2D eigenvalue weighted by Gasteiger charge is 2.27. The molecule has 0 saturated carbocycles. The Labute approximate surface area is 108 Å². The van der Waals surface area contributed by atoms with Gasteiger partial charge in [0.2, 0.25) is 5.95 Å². The summed E-state index contributed by atoms with van der Waals surface area (Å²) in [6, 6.07) is 0.331. The molecular weight excluding hydrogens is 263 g/mol. The molecule has 0 bridgehead atoms. The lowest BCUT2D eigenvalue weighted by Crippen LogP contribution is -2.49. The van der Waals surface area contributed by atoms with E-state index >= 15 is 0 Å². The number of rotatable bonds is 4. The average Bonchev–Trinajstić information content (AvgIpc) is 2.76. The minimum absolute atomic E-state index is 0.228. The van der Waals surface area contributed by atoms with Crippen molar-refractivity contribution < 1.29 is 17.9 Å². The van der Waals surface area contributed by atoms with Gasteiger partial charge in [0.25, 0.3) is 0 Å². The lowest BCUT2D eigenvalue weighted by molar-refractivity contribution is -0.177. The second-order valence-electron chi connectivity index (χ2n) is 4.49. The summed E-state index contributed by atoms with van der Waals surface area (Å²) >= 11 is 0. The third-order valence-electron chi connectivity index (χ3n) is 2.68. The molecule has 108 valence electrons. The Balaban J connectivity index is 1.85. The number of halogens is 3. The second-order valence-corrected chi connectivity index (χ2v) is 4.49. The van der Waals surface area contributed by atoms with E-state index in [1.54, 1.807) is 0 Å². The summed E-state index contributed by atoms with van der Waals surface area (Å²) in [7, 11) is 0. The topological polar surface area (TPSA) is 66.1 Å². The number of aromatic amines is 1. The number of hydrogen-bond acceptors (Lipinski definition) is 5. The van der Waals surface area contributed by atoms with Crippen LogP contribution in [0.5, 0.6) is 0 Å². The van der Waals surface area contributed by atoms with Crippen molar-refractivity contribution in [1.82, 2.24) is 20.5 Å². The summed E-state index contributed by atoms with van der Waals surface area (Å²) in [5.41, 5.74) is 0. The van der Waals surface area contributed by atoms with Crippen LogP contribution in [0.25, 0.3) is 0 Å². The Morgan fingerprint density at radius 3 is 2.95 bits per heavy atom. The number of anilines is 1. The van der Waals surface area contributed by atoms with E-state index in [0.29, 0.717) is 17.8 Å². The van der Waals surface area contributed by atoms with Gasteiger partial charge in [-0.05, 0) is 6.92 Å². The monoisotopic (exact) mass is 279 g/mol. The molecule has 6 nitrogen and oxygen atoms in total. The number of alkyl halides is 3. The van der Waals surface area contributed by atoms with Gasteiger partial charge in [-0.25, -0.2) is 0 Å². The number of H-pyrrole nitrogens is 1. The van der Waals surface area contributed by atoms with Crippen LogP contribution in [-0.2, 0) is 11.3 Å². The minimum Gasteiger partial charge on any atom is -0.364 e. The van der Waals surface area contributed by atoms with Crippen LogP contribution < -0.4 is 10.2 Å². The molecule has 1 aliphatic rings. The van der Waals surface area contributed by atoms with Crippen LogP contribution in [-0.4, -0.2) is 53.6 Å².